The number of para-hydroxylation sites is 1. The molecule has 1 unspecified atom stereocenters. The van der Waals surface area contributed by atoms with Crippen molar-refractivity contribution in [2.45, 2.75) is 42.2 Å². The number of hydrogen-bond acceptors (Lipinski definition) is 5. The van der Waals surface area contributed by atoms with Crippen LogP contribution >= 0.6 is 23.1 Å². The van der Waals surface area contributed by atoms with E-state index in [1.807, 2.05) is 24.3 Å². The lowest BCUT2D eigenvalue weighted by Gasteiger charge is -2.36. The second kappa shape index (κ2) is 6.93. The molecule has 0 bridgehead atoms. The maximum absolute atomic E-state index is 13.2. The number of nitrogens with zero attached hydrogens (tertiary/aromatic N) is 1. The van der Waals surface area contributed by atoms with Crippen LogP contribution in [0.1, 0.15) is 40.6 Å². The van der Waals surface area contributed by atoms with E-state index in [4.69, 9.17) is 5.73 Å². The molecule has 2 heterocycles. The van der Waals surface area contributed by atoms with E-state index in [1.54, 1.807) is 14.0 Å². The number of rotatable bonds is 3. The normalized spacial score (nSPS) is 21.1. The number of thiophene rings is 1. The molecule has 2 aliphatic rings. The van der Waals surface area contributed by atoms with Crippen molar-refractivity contribution in [1.29, 1.82) is 0 Å². The molecule has 8 heteroatoms. The predicted octanol–water partition coefficient (Wildman–Crippen LogP) is 3.19. The van der Waals surface area contributed by atoms with Crippen molar-refractivity contribution in [3.8, 4) is 0 Å². The Hall–Kier alpha value is -2.32. The van der Waals surface area contributed by atoms with Gasteiger partial charge in [0, 0.05) is 16.8 Å². The zero-order chi connectivity index (χ0) is 20.1. The summed E-state index contributed by atoms with van der Waals surface area (Å²) in [6.07, 6.45) is 3.75. The predicted molar refractivity (Wildman–Crippen MR) is 112 cm³/mol. The standard InChI is InChI=1S/C20H21N3O3S2/c1-20(19(26)23(2)12-8-4-6-10-14(12)28-20)18(25)22-17-15(16(21)24)11-7-3-5-9-13(11)27-17/h4,6,8,10H,3,5,7,9H2,1-2H3,(H2,21,24)(H,22,25). The van der Waals surface area contributed by atoms with Gasteiger partial charge in [-0.25, -0.2) is 0 Å². The van der Waals surface area contributed by atoms with Gasteiger partial charge in [-0.1, -0.05) is 23.9 Å². The Kier molecular flexibility index (Phi) is 4.71. The molecular weight excluding hydrogens is 394 g/mol. The highest BCUT2D eigenvalue weighted by Gasteiger charge is 2.48. The molecule has 1 aliphatic heterocycles. The Labute approximate surface area is 171 Å². The van der Waals surface area contributed by atoms with Gasteiger partial charge in [-0.2, -0.15) is 0 Å². The maximum Gasteiger partial charge on any atom is 0.252 e. The molecule has 0 spiro atoms. The third kappa shape index (κ3) is 2.91. The summed E-state index contributed by atoms with van der Waals surface area (Å²) in [5.74, 6) is -1.27. The number of nitrogens with two attached hydrogens (primary N) is 1. The number of thioether (sulfide) groups is 1. The first-order valence-electron chi connectivity index (χ1n) is 9.15. The zero-order valence-electron chi connectivity index (χ0n) is 15.7. The molecule has 3 N–H and O–H groups in total. The average Bonchev–Trinajstić information content (AvgIpc) is 3.04. The molecule has 0 saturated heterocycles. The molecule has 1 aromatic carbocycles. The number of carbonyl (C=O) groups excluding carboxylic acids is 3. The van der Waals surface area contributed by atoms with Gasteiger partial charge in [0.15, 0.2) is 4.75 Å². The van der Waals surface area contributed by atoms with Crippen molar-refractivity contribution in [2.24, 2.45) is 5.73 Å². The van der Waals surface area contributed by atoms with Gasteiger partial charge in [0.1, 0.15) is 5.00 Å². The van der Waals surface area contributed by atoms with E-state index < -0.39 is 16.6 Å². The van der Waals surface area contributed by atoms with E-state index in [2.05, 4.69) is 5.32 Å². The first-order chi connectivity index (χ1) is 13.3. The summed E-state index contributed by atoms with van der Waals surface area (Å²) in [7, 11) is 1.67. The van der Waals surface area contributed by atoms with Crippen molar-refractivity contribution in [1.82, 2.24) is 0 Å². The second-order valence-corrected chi connectivity index (χ2v) is 9.77. The van der Waals surface area contributed by atoms with Gasteiger partial charge in [-0.3, -0.25) is 14.4 Å². The summed E-state index contributed by atoms with van der Waals surface area (Å²) in [5, 5.41) is 3.31. The van der Waals surface area contributed by atoms with Gasteiger partial charge in [-0.05, 0) is 50.3 Å². The Balaban J connectivity index is 1.68. The summed E-state index contributed by atoms with van der Waals surface area (Å²) in [6, 6.07) is 7.50. The maximum atomic E-state index is 13.2. The van der Waals surface area contributed by atoms with Crippen LogP contribution in [-0.4, -0.2) is 29.5 Å². The van der Waals surface area contributed by atoms with Gasteiger partial charge in [0.05, 0.1) is 11.3 Å². The third-order valence-electron chi connectivity index (χ3n) is 5.33. The van der Waals surface area contributed by atoms with Gasteiger partial charge in [-0.15, -0.1) is 11.3 Å². The van der Waals surface area contributed by atoms with Gasteiger partial charge in [0.2, 0.25) is 0 Å². The Morgan fingerprint density at radius 2 is 1.93 bits per heavy atom. The highest BCUT2D eigenvalue weighted by Crippen LogP contribution is 2.46. The zero-order valence-corrected chi connectivity index (χ0v) is 17.3. The minimum absolute atomic E-state index is 0.296. The molecule has 1 aliphatic carbocycles. The number of aryl methyl sites for hydroxylation is 1. The van der Waals surface area contributed by atoms with Crippen molar-refractivity contribution in [2.75, 3.05) is 17.3 Å². The van der Waals surface area contributed by atoms with E-state index in [1.165, 1.54) is 28.0 Å². The van der Waals surface area contributed by atoms with Crippen molar-refractivity contribution in [3.63, 3.8) is 0 Å². The summed E-state index contributed by atoms with van der Waals surface area (Å²) in [4.78, 5) is 41.8. The van der Waals surface area contributed by atoms with E-state index in [0.29, 0.717) is 10.6 Å². The largest absolute Gasteiger partial charge is 0.365 e. The van der Waals surface area contributed by atoms with Crippen molar-refractivity contribution >= 4 is 51.5 Å². The molecule has 28 heavy (non-hydrogen) atoms. The van der Waals surface area contributed by atoms with E-state index in [0.717, 1.165) is 46.7 Å². The number of fused-ring (bicyclic) bond motifs is 2. The first kappa shape index (κ1) is 19.0. The van der Waals surface area contributed by atoms with Gasteiger partial charge in [0.25, 0.3) is 17.7 Å². The number of benzene rings is 1. The molecule has 2 aromatic rings. The molecule has 0 fully saturated rings. The number of nitrogens with one attached hydrogen (secondary N) is 1. The highest BCUT2D eigenvalue weighted by molar-refractivity contribution is 8.02. The molecule has 4 rings (SSSR count). The fourth-order valence-electron chi connectivity index (χ4n) is 3.79. The lowest BCUT2D eigenvalue weighted by molar-refractivity contribution is -0.128. The summed E-state index contributed by atoms with van der Waals surface area (Å²) < 4.78 is -1.33. The second-order valence-electron chi connectivity index (χ2n) is 7.20. The number of hydrogen-bond donors (Lipinski definition) is 2. The third-order valence-corrected chi connectivity index (χ3v) is 7.87. The Bertz CT molecular complexity index is 1000. The summed E-state index contributed by atoms with van der Waals surface area (Å²) in [5.41, 5.74) is 7.76. The molecular formula is C20H21N3O3S2. The number of amides is 3. The molecule has 0 saturated carbocycles. The Morgan fingerprint density at radius 3 is 2.68 bits per heavy atom. The average molecular weight is 416 g/mol. The van der Waals surface area contributed by atoms with Crippen LogP contribution in [0.15, 0.2) is 29.2 Å². The number of anilines is 2. The summed E-state index contributed by atoms with van der Waals surface area (Å²) in [6.45, 7) is 1.62. The van der Waals surface area contributed by atoms with Crippen LogP contribution < -0.4 is 16.0 Å². The minimum atomic E-state index is -1.33. The fraction of sp³-hybridized carbons (Fsp3) is 0.350. The van der Waals surface area contributed by atoms with Crippen molar-refractivity contribution < 1.29 is 14.4 Å². The van der Waals surface area contributed by atoms with Crippen molar-refractivity contribution in [3.05, 3.63) is 40.3 Å². The smallest absolute Gasteiger partial charge is 0.252 e. The molecule has 0 radical (unpaired) electrons. The molecule has 6 nitrogen and oxygen atoms in total. The quantitative estimate of drug-likeness (QED) is 0.753. The van der Waals surface area contributed by atoms with Crippen LogP contribution in [0.4, 0.5) is 10.7 Å². The van der Waals surface area contributed by atoms with Crippen LogP contribution in [-0.2, 0) is 22.4 Å². The van der Waals surface area contributed by atoms with Crippen LogP contribution in [0.3, 0.4) is 0 Å². The topological polar surface area (TPSA) is 92.5 Å². The van der Waals surface area contributed by atoms with Gasteiger partial charge >= 0.3 is 0 Å². The van der Waals surface area contributed by atoms with E-state index >= 15 is 0 Å². The SMILES string of the molecule is CN1C(=O)C(C)(C(=O)Nc2sc3c(c2C(N)=O)CCCC3)Sc2ccccc21. The lowest BCUT2D eigenvalue weighted by atomic mass is 9.95. The van der Waals surface area contributed by atoms with Crippen LogP contribution in [0.5, 0.6) is 0 Å². The van der Waals surface area contributed by atoms with Crippen LogP contribution in [0.2, 0.25) is 0 Å². The highest BCUT2D eigenvalue weighted by atomic mass is 32.2. The van der Waals surface area contributed by atoms with Crippen LogP contribution in [0, 0.1) is 0 Å². The molecule has 1 atom stereocenters. The molecule has 1 aromatic heterocycles. The molecule has 146 valence electrons. The van der Waals surface area contributed by atoms with Gasteiger partial charge < -0.3 is 16.0 Å². The van der Waals surface area contributed by atoms with Crippen LogP contribution in [0.25, 0.3) is 0 Å². The fourth-order valence-corrected chi connectivity index (χ4v) is 6.35. The summed E-state index contributed by atoms with van der Waals surface area (Å²) >= 11 is 2.63. The van der Waals surface area contributed by atoms with E-state index in [-0.39, 0.29) is 5.91 Å². The first-order valence-corrected chi connectivity index (χ1v) is 10.8. The Morgan fingerprint density at radius 1 is 1.21 bits per heavy atom. The monoisotopic (exact) mass is 415 g/mol. The lowest BCUT2D eigenvalue weighted by Crippen LogP contribution is -2.53. The number of carbonyl (C=O) groups is 3. The molecule has 3 amide bonds. The number of primary amides is 1. The minimum Gasteiger partial charge on any atom is -0.365 e. The van der Waals surface area contributed by atoms with E-state index in [9.17, 15) is 14.4 Å².